The molecule has 0 saturated heterocycles. The van der Waals surface area contributed by atoms with Gasteiger partial charge in [0.25, 0.3) is 0 Å². The van der Waals surface area contributed by atoms with Gasteiger partial charge < -0.3 is 15.3 Å². The molecule has 2 atom stereocenters. The molecule has 0 aromatic carbocycles. The van der Waals surface area contributed by atoms with Gasteiger partial charge in [0.2, 0.25) is 0 Å². The molecule has 0 radical (unpaired) electrons. The first-order valence-corrected chi connectivity index (χ1v) is 5.61. The summed E-state index contributed by atoms with van der Waals surface area (Å²) in [4.78, 5) is 24.2. The van der Waals surface area contributed by atoms with Gasteiger partial charge in [-0.15, -0.1) is 0 Å². The second kappa shape index (κ2) is 6.35. The van der Waals surface area contributed by atoms with Crippen LogP contribution < -0.4 is 5.32 Å². The number of carbonyl (C=O) groups excluding carboxylic acids is 1. The van der Waals surface area contributed by atoms with Gasteiger partial charge in [-0.05, 0) is 34.6 Å². The minimum absolute atomic E-state index is 0.109. The van der Waals surface area contributed by atoms with E-state index in [0.29, 0.717) is 6.54 Å². The number of hydrogen-bond acceptors (Lipinski definition) is 2. The van der Waals surface area contributed by atoms with Gasteiger partial charge in [-0.25, -0.2) is 4.79 Å². The zero-order valence-corrected chi connectivity index (χ0v) is 10.7. The molecule has 0 fully saturated rings. The van der Waals surface area contributed by atoms with Crippen LogP contribution in [0.15, 0.2) is 0 Å². The predicted molar refractivity (Wildman–Crippen MR) is 62.3 cm³/mol. The average Bonchev–Trinajstić information content (AvgIpc) is 2.16. The van der Waals surface area contributed by atoms with Crippen molar-refractivity contribution in [2.45, 2.75) is 46.7 Å². The van der Waals surface area contributed by atoms with Crippen molar-refractivity contribution >= 4 is 12.0 Å². The molecule has 0 rings (SSSR count). The molecule has 0 bridgehead atoms. The van der Waals surface area contributed by atoms with Gasteiger partial charge in [-0.2, -0.15) is 0 Å². The summed E-state index contributed by atoms with van der Waals surface area (Å²) in [5.41, 5.74) is 0. The fourth-order valence-corrected chi connectivity index (χ4v) is 1.36. The molecule has 2 N–H and O–H groups in total. The number of nitrogens with one attached hydrogen (secondary N) is 1. The smallest absolute Gasteiger partial charge is 0.317 e. The summed E-state index contributed by atoms with van der Waals surface area (Å²) >= 11 is 0. The maximum Gasteiger partial charge on any atom is 0.317 e. The fourth-order valence-electron chi connectivity index (χ4n) is 1.36. The number of aliphatic carboxylic acids is 1. The van der Waals surface area contributed by atoms with Crippen molar-refractivity contribution in [3.63, 3.8) is 0 Å². The second-order valence-electron chi connectivity index (χ2n) is 4.24. The molecule has 0 saturated carbocycles. The molecule has 0 aliphatic heterocycles. The summed E-state index contributed by atoms with van der Waals surface area (Å²) in [6.07, 6.45) is 0. The summed E-state index contributed by atoms with van der Waals surface area (Å²) in [7, 11) is 0. The lowest BCUT2D eigenvalue weighted by atomic mass is 10.0. The molecule has 2 amide bonds. The van der Waals surface area contributed by atoms with E-state index in [1.54, 1.807) is 18.7 Å². The lowest BCUT2D eigenvalue weighted by molar-refractivity contribution is -0.141. The third-order valence-electron chi connectivity index (χ3n) is 2.72. The lowest BCUT2D eigenvalue weighted by Gasteiger charge is -2.28. The van der Waals surface area contributed by atoms with Crippen LogP contribution in [0, 0.1) is 5.92 Å². The van der Waals surface area contributed by atoms with Crippen LogP contribution in [0.5, 0.6) is 0 Å². The first-order chi connectivity index (χ1) is 7.31. The summed E-state index contributed by atoms with van der Waals surface area (Å²) < 4.78 is 0. The molecular weight excluding hydrogens is 208 g/mol. The number of nitrogens with zero attached hydrogens (tertiary/aromatic N) is 1. The number of carbonyl (C=O) groups is 2. The molecule has 2 unspecified atom stereocenters. The standard InChI is InChI=1S/C11H22N2O3/c1-6-13(7(2)3)11(16)12-9(5)8(4)10(14)15/h7-9H,6H2,1-5H3,(H,12,16)(H,14,15). The minimum atomic E-state index is -0.902. The second-order valence-corrected chi connectivity index (χ2v) is 4.24. The zero-order chi connectivity index (χ0) is 12.9. The number of carboxylic acid groups (broad SMARTS) is 1. The molecular formula is C11H22N2O3. The van der Waals surface area contributed by atoms with Crippen molar-refractivity contribution in [3.8, 4) is 0 Å². The van der Waals surface area contributed by atoms with Crippen LogP contribution in [0.3, 0.4) is 0 Å². The monoisotopic (exact) mass is 230 g/mol. The molecule has 0 aromatic heterocycles. The van der Waals surface area contributed by atoms with Crippen molar-refractivity contribution in [1.29, 1.82) is 0 Å². The van der Waals surface area contributed by atoms with E-state index in [-0.39, 0.29) is 18.1 Å². The molecule has 0 aliphatic carbocycles. The Hall–Kier alpha value is -1.26. The molecule has 94 valence electrons. The van der Waals surface area contributed by atoms with Crippen LogP contribution >= 0.6 is 0 Å². The Morgan fingerprint density at radius 3 is 2.06 bits per heavy atom. The highest BCUT2D eigenvalue weighted by Gasteiger charge is 2.23. The molecule has 5 heteroatoms. The van der Waals surface area contributed by atoms with Crippen LogP contribution in [0.1, 0.15) is 34.6 Å². The number of rotatable bonds is 5. The van der Waals surface area contributed by atoms with Crippen LogP contribution in [0.25, 0.3) is 0 Å². The van der Waals surface area contributed by atoms with Gasteiger partial charge in [-0.1, -0.05) is 0 Å². The van der Waals surface area contributed by atoms with Crippen molar-refractivity contribution in [3.05, 3.63) is 0 Å². The lowest BCUT2D eigenvalue weighted by Crippen LogP contribution is -2.49. The van der Waals surface area contributed by atoms with E-state index in [2.05, 4.69) is 5.32 Å². The topological polar surface area (TPSA) is 69.6 Å². The Kier molecular flexibility index (Phi) is 5.85. The van der Waals surface area contributed by atoms with Crippen molar-refractivity contribution in [1.82, 2.24) is 10.2 Å². The van der Waals surface area contributed by atoms with E-state index in [1.165, 1.54) is 0 Å². The molecule has 5 nitrogen and oxygen atoms in total. The Balaban J connectivity index is 4.38. The van der Waals surface area contributed by atoms with Crippen LogP contribution in [0.2, 0.25) is 0 Å². The van der Waals surface area contributed by atoms with Gasteiger partial charge in [-0.3, -0.25) is 4.79 Å². The molecule has 0 spiro atoms. The van der Waals surface area contributed by atoms with E-state index in [4.69, 9.17) is 5.11 Å². The van der Waals surface area contributed by atoms with E-state index in [1.807, 2.05) is 20.8 Å². The summed E-state index contributed by atoms with van der Waals surface area (Å²) in [5.74, 6) is -1.49. The number of amides is 2. The SMILES string of the molecule is CCN(C(=O)NC(C)C(C)C(=O)O)C(C)C. The zero-order valence-electron chi connectivity index (χ0n) is 10.7. The summed E-state index contributed by atoms with van der Waals surface area (Å²) in [5, 5.41) is 11.5. The van der Waals surface area contributed by atoms with Gasteiger partial charge in [0.15, 0.2) is 0 Å². The Labute approximate surface area is 96.8 Å². The van der Waals surface area contributed by atoms with Gasteiger partial charge in [0, 0.05) is 18.6 Å². The first kappa shape index (κ1) is 14.7. The summed E-state index contributed by atoms with van der Waals surface area (Å²) in [6.45, 7) is 9.63. The molecule has 16 heavy (non-hydrogen) atoms. The van der Waals surface area contributed by atoms with Crippen LogP contribution in [-0.2, 0) is 4.79 Å². The Morgan fingerprint density at radius 1 is 1.25 bits per heavy atom. The molecule has 0 aromatic rings. The number of urea groups is 1. The van der Waals surface area contributed by atoms with E-state index in [9.17, 15) is 9.59 Å². The van der Waals surface area contributed by atoms with Crippen molar-refractivity contribution in [2.24, 2.45) is 5.92 Å². The van der Waals surface area contributed by atoms with E-state index in [0.717, 1.165) is 0 Å². The highest BCUT2D eigenvalue weighted by molar-refractivity contribution is 5.76. The predicted octanol–water partition coefficient (Wildman–Crippen LogP) is 1.54. The van der Waals surface area contributed by atoms with E-state index >= 15 is 0 Å². The van der Waals surface area contributed by atoms with Gasteiger partial charge >= 0.3 is 12.0 Å². The van der Waals surface area contributed by atoms with Gasteiger partial charge in [0.05, 0.1) is 5.92 Å². The van der Waals surface area contributed by atoms with Crippen molar-refractivity contribution in [2.75, 3.05) is 6.54 Å². The quantitative estimate of drug-likeness (QED) is 0.752. The molecule has 0 heterocycles. The maximum atomic E-state index is 11.8. The Bertz CT molecular complexity index is 254. The normalized spacial score (nSPS) is 14.4. The highest BCUT2D eigenvalue weighted by atomic mass is 16.4. The molecule has 0 aliphatic rings. The van der Waals surface area contributed by atoms with Crippen molar-refractivity contribution < 1.29 is 14.7 Å². The highest BCUT2D eigenvalue weighted by Crippen LogP contribution is 2.05. The number of hydrogen-bond donors (Lipinski definition) is 2. The first-order valence-electron chi connectivity index (χ1n) is 5.61. The van der Waals surface area contributed by atoms with Gasteiger partial charge in [0.1, 0.15) is 0 Å². The Morgan fingerprint density at radius 2 is 1.75 bits per heavy atom. The number of carboxylic acids is 1. The fraction of sp³-hybridized carbons (Fsp3) is 0.818. The minimum Gasteiger partial charge on any atom is -0.481 e. The van der Waals surface area contributed by atoms with E-state index < -0.39 is 11.9 Å². The third-order valence-corrected chi connectivity index (χ3v) is 2.72. The van der Waals surface area contributed by atoms with Crippen LogP contribution in [-0.4, -0.2) is 40.6 Å². The average molecular weight is 230 g/mol. The third kappa shape index (κ3) is 4.08. The van der Waals surface area contributed by atoms with Crippen LogP contribution in [0.4, 0.5) is 4.79 Å². The summed E-state index contributed by atoms with van der Waals surface area (Å²) in [6, 6.07) is -0.478. The maximum absolute atomic E-state index is 11.8. The largest absolute Gasteiger partial charge is 0.481 e.